The van der Waals surface area contributed by atoms with Gasteiger partial charge in [0.1, 0.15) is 4.88 Å². The van der Waals surface area contributed by atoms with Crippen LogP contribution in [0.1, 0.15) is 34.4 Å². The fraction of sp³-hybridized carbons (Fsp3) is 0.643. The Kier molecular flexibility index (Phi) is 5.10. The van der Waals surface area contributed by atoms with Crippen molar-refractivity contribution in [1.82, 2.24) is 14.8 Å². The molecule has 1 unspecified atom stereocenters. The van der Waals surface area contributed by atoms with E-state index in [2.05, 4.69) is 22.9 Å². The summed E-state index contributed by atoms with van der Waals surface area (Å²) in [6.07, 6.45) is 3.57. The molecule has 108 valence electrons. The minimum atomic E-state index is -0.0112. The molecule has 2 rings (SSSR count). The first-order chi connectivity index (χ1) is 9.65. The van der Waals surface area contributed by atoms with E-state index in [1.807, 2.05) is 11.8 Å². The molecule has 6 heteroatoms. The van der Waals surface area contributed by atoms with Gasteiger partial charge in [0.05, 0.1) is 23.3 Å². The van der Waals surface area contributed by atoms with Crippen molar-refractivity contribution < 1.29 is 4.79 Å². The molecule has 20 heavy (non-hydrogen) atoms. The summed E-state index contributed by atoms with van der Waals surface area (Å²) in [6, 6.07) is 2.36. The van der Waals surface area contributed by atoms with Gasteiger partial charge in [-0.2, -0.15) is 5.26 Å². The average Bonchev–Trinajstić information content (AvgIpc) is 2.91. The molecule has 1 amide bonds. The zero-order chi connectivity index (χ0) is 14.5. The molecule has 0 radical (unpaired) electrons. The van der Waals surface area contributed by atoms with E-state index >= 15 is 0 Å². The molecule has 1 saturated heterocycles. The van der Waals surface area contributed by atoms with E-state index in [4.69, 9.17) is 0 Å². The quantitative estimate of drug-likeness (QED) is 0.850. The van der Waals surface area contributed by atoms with E-state index in [0.717, 1.165) is 30.9 Å². The molecule has 0 bridgehead atoms. The van der Waals surface area contributed by atoms with Crippen molar-refractivity contribution in [1.29, 1.82) is 5.26 Å². The molecule has 1 aromatic rings. The van der Waals surface area contributed by atoms with Crippen LogP contribution in [-0.2, 0) is 0 Å². The van der Waals surface area contributed by atoms with Crippen LogP contribution < -0.4 is 0 Å². The van der Waals surface area contributed by atoms with E-state index < -0.39 is 0 Å². The Balaban J connectivity index is 1.91. The van der Waals surface area contributed by atoms with E-state index in [-0.39, 0.29) is 11.9 Å². The summed E-state index contributed by atoms with van der Waals surface area (Å²) in [7, 11) is 0. The highest BCUT2D eigenvalue weighted by Crippen LogP contribution is 2.17. The van der Waals surface area contributed by atoms with Crippen molar-refractivity contribution in [2.45, 2.75) is 32.7 Å². The van der Waals surface area contributed by atoms with Crippen LogP contribution in [0.15, 0.2) is 6.20 Å². The molecular weight excluding hydrogens is 272 g/mol. The highest BCUT2D eigenvalue weighted by atomic mass is 32.1. The number of rotatable bonds is 4. The maximum absolute atomic E-state index is 12.3. The number of amides is 1. The number of carbonyl (C=O) groups is 1. The topological polar surface area (TPSA) is 60.2 Å². The smallest absolute Gasteiger partial charge is 0.265 e. The second-order valence-electron chi connectivity index (χ2n) is 5.01. The Hall–Kier alpha value is -1.45. The normalized spacial score (nSPS) is 17.8. The van der Waals surface area contributed by atoms with Gasteiger partial charge in [-0.1, -0.05) is 13.3 Å². The fourth-order valence-corrected chi connectivity index (χ4v) is 3.20. The van der Waals surface area contributed by atoms with Crippen LogP contribution in [0.2, 0.25) is 0 Å². The molecule has 0 aliphatic carbocycles. The third kappa shape index (κ3) is 3.35. The molecule has 0 saturated carbocycles. The van der Waals surface area contributed by atoms with E-state index in [1.165, 1.54) is 11.3 Å². The maximum Gasteiger partial charge on any atom is 0.265 e. The monoisotopic (exact) mass is 292 g/mol. The van der Waals surface area contributed by atoms with E-state index in [9.17, 15) is 10.1 Å². The van der Waals surface area contributed by atoms with Gasteiger partial charge in [-0.15, -0.1) is 11.3 Å². The Bertz CT molecular complexity index is 500. The minimum Gasteiger partial charge on any atom is -0.335 e. The van der Waals surface area contributed by atoms with Crippen molar-refractivity contribution in [2.24, 2.45) is 0 Å². The lowest BCUT2D eigenvalue weighted by Gasteiger charge is -2.36. The zero-order valence-electron chi connectivity index (χ0n) is 12.0. The SMILES string of the molecule is CCCC(C#N)N1CCN(C(=O)c2cnc(C)s2)CC1. The van der Waals surface area contributed by atoms with Gasteiger partial charge < -0.3 is 4.90 Å². The second kappa shape index (κ2) is 6.82. The summed E-state index contributed by atoms with van der Waals surface area (Å²) < 4.78 is 0. The molecule has 1 aromatic heterocycles. The summed E-state index contributed by atoms with van der Waals surface area (Å²) in [5.41, 5.74) is 0. The van der Waals surface area contributed by atoms with Crippen LogP contribution in [0.5, 0.6) is 0 Å². The number of piperazine rings is 1. The Labute approximate surface area is 123 Å². The van der Waals surface area contributed by atoms with Crippen molar-refractivity contribution in [3.05, 3.63) is 16.1 Å². The highest BCUT2D eigenvalue weighted by molar-refractivity contribution is 7.13. The molecule has 0 spiro atoms. The highest BCUT2D eigenvalue weighted by Gasteiger charge is 2.26. The number of nitriles is 1. The Morgan fingerprint density at radius 1 is 1.50 bits per heavy atom. The molecule has 2 heterocycles. The van der Waals surface area contributed by atoms with Crippen molar-refractivity contribution in [2.75, 3.05) is 26.2 Å². The van der Waals surface area contributed by atoms with Gasteiger partial charge in [-0.05, 0) is 13.3 Å². The van der Waals surface area contributed by atoms with Gasteiger partial charge >= 0.3 is 0 Å². The van der Waals surface area contributed by atoms with Gasteiger partial charge in [0.25, 0.3) is 5.91 Å². The number of thiazole rings is 1. The first-order valence-corrected chi connectivity index (χ1v) is 7.82. The lowest BCUT2D eigenvalue weighted by atomic mass is 10.1. The lowest BCUT2D eigenvalue weighted by Crippen LogP contribution is -2.51. The molecule has 1 atom stereocenters. The van der Waals surface area contributed by atoms with Gasteiger partial charge in [-0.25, -0.2) is 4.98 Å². The van der Waals surface area contributed by atoms with Crippen LogP contribution in [-0.4, -0.2) is 52.9 Å². The number of nitrogens with zero attached hydrogens (tertiary/aromatic N) is 4. The molecular formula is C14H20N4OS. The number of aryl methyl sites for hydroxylation is 1. The maximum atomic E-state index is 12.3. The fourth-order valence-electron chi connectivity index (χ4n) is 2.45. The van der Waals surface area contributed by atoms with Gasteiger partial charge in [0.15, 0.2) is 0 Å². The first-order valence-electron chi connectivity index (χ1n) is 7.01. The summed E-state index contributed by atoms with van der Waals surface area (Å²) in [6.45, 7) is 6.94. The third-order valence-electron chi connectivity index (χ3n) is 3.59. The van der Waals surface area contributed by atoms with Crippen LogP contribution in [0, 0.1) is 18.3 Å². The molecule has 1 fully saturated rings. The minimum absolute atomic E-state index is 0.0112. The van der Waals surface area contributed by atoms with Crippen LogP contribution in [0.25, 0.3) is 0 Å². The molecule has 0 aromatic carbocycles. The summed E-state index contributed by atoms with van der Waals surface area (Å²) in [5, 5.41) is 10.1. The van der Waals surface area contributed by atoms with E-state index in [0.29, 0.717) is 18.0 Å². The van der Waals surface area contributed by atoms with Gasteiger partial charge in [-0.3, -0.25) is 9.69 Å². The van der Waals surface area contributed by atoms with Gasteiger partial charge in [0, 0.05) is 26.2 Å². The van der Waals surface area contributed by atoms with E-state index in [1.54, 1.807) is 6.20 Å². The molecule has 1 aliphatic heterocycles. The predicted molar refractivity (Wildman–Crippen MR) is 78.6 cm³/mol. The summed E-state index contributed by atoms with van der Waals surface area (Å²) >= 11 is 1.44. The van der Waals surface area contributed by atoms with Crippen LogP contribution in [0.4, 0.5) is 0 Å². The van der Waals surface area contributed by atoms with Crippen molar-refractivity contribution in [3.63, 3.8) is 0 Å². The number of hydrogen-bond donors (Lipinski definition) is 0. The first kappa shape index (κ1) is 14.9. The largest absolute Gasteiger partial charge is 0.335 e. The average molecular weight is 292 g/mol. The molecule has 0 N–H and O–H groups in total. The lowest BCUT2D eigenvalue weighted by molar-refractivity contribution is 0.0605. The van der Waals surface area contributed by atoms with Crippen LogP contribution in [0.3, 0.4) is 0 Å². The third-order valence-corrected chi connectivity index (χ3v) is 4.49. The standard InChI is InChI=1S/C14H20N4OS/c1-3-4-12(9-15)17-5-7-18(8-6-17)14(19)13-10-16-11(2)20-13/h10,12H,3-8H2,1-2H3. The predicted octanol–water partition coefficient (Wildman–Crippen LogP) is 1.90. The van der Waals surface area contributed by atoms with Crippen molar-refractivity contribution >= 4 is 17.2 Å². The number of aromatic nitrogens is 1. The zero-order valence-corrected chi connectivity index (χ0v) is 12.8. The Morgan fingerprint density at radius 2 is 2.20 bits per heavy atom. The van der Waals surface area contributed by atoms with Gasteiger partial charge in [0.2, 0.25) is 0 Å². The van der Waals surface area contributed by atoms with Crippen molar-refractivity contribution in [3.8, 4) is 6.07 Å². The molecule has 5 nitrogen and oxygen atoms in total. The summed E-state index contributed by atoms with van der Waals surface area (Å²) in [4.78, 5) is 21.2. The molecule has 1 aliphatic rings. The Morgan fingerprint density at radius 3 is 2.70 bits per heavy atom. The number of hydrogen-bond acceptors (Lipinski definition) is 5. The summed E-state index contributed by atoms with van der Waals surface area (Å²) in [5.74, 6) is 0.0687. The van der Waals surface area contributed by atoms with Crippen LogP contribution >= 0.6 is 11.3 Å². The second-order valence-corrected chi connectivity index (χ2v) is 6.24. The number of carbonyl (C=O) groups excluding carboxylic acids is 1.